The van der Waals surface area contributed by atoms with Gasteiger partial charge in [-0.1, -0.05) is 32.9 Å². The van der Waals surface area contributed by atoms with Gasteiger partial charge in [0.25, 0.3) is 0 Å². The van der Waals surface area contributed by atoms with Crippen LogP contribution in [0.2, 0.25) is 0 Å². The van der Waals surface area contributed by atoms with Gasteiger partial charge >= 0.3 is 0 Å². The summed E-state index contributed by atoms with van der Waals surface area (Å²) in [4.78, 5) is 9.09. The third-order valence-corrected chi connectivity index (χ3v) is 5.35. The molecule has 2 aromatic rings. The number of fused-ring (bicyclic) bond motifs is 1. The van der Waals surface area contributed by atoms with E-state index in [0.29, 0.717) is 12.5 Å². The third-order valence-electron chi connectivity index (χ3n) is 5.35. The molecule has 2 atom stereocenters. The Hall–Kier alpha value is -1.35. The van der Waals surface area contributed by atoms with Crippen molar-refractivity contribution in [2.75, 3.05) is 20.2 Å². The highest BCUT2D eigenvalue weighted by Crippen LogP contribution is 2.33. The number of hydrogen-bond donors (Lipinski definition) is 2. The van der Waals surface area contributed by atoms with Gasteiger partial charge in [-0.15, -0.1) is 24.0 Å². The van der Waals surface area contributed by atoms with E-state index >= 15 is 0 Å². The Kier molecular flexibility index (Phi) is 8.12. The number of halogens is 1. The van der Waals surface area contributed by atoms with Crippen LogP contribution in [0, 0.1) is 11.3 Å². The number of nitrogens with zero attached hydrogens (tertiary/aromatic N) is 3. The van der Waals surface area contributed by atoms with E-state index in [9.17, 15) is 0 Å². The fourth-order valence-corrected chi connectivity index (χ4v) is 3.97. The quantitative estimate of drug-likeness (QED) is 0.383. The lowest BCUT2D eigenvalue weighted by Gasteiger charge is -2.40. The molecular weight excluding hydrogens is 465 g/mol. The molecule has 28 heavy (non-hydrogen) atoms. The summed E-state index contributed by atoms with van der Waals surface area (Å²) in [6.07, 6.45) is 2.60. The van der Waals surface area contributed by atoms with Crippen LogP contribution >= 0.6 is 24.0 Å². The highest BCUT2D eigenvalue weighted by molar-refractivity contribution is 14.0. The first-order chi connectivity index (χ1) is 12.9. The lowest BCUT2D eigenvalue weighted by atomic mass is 9.78. The van der Waals surface area contributed by atoms with Crippen molar-refractivity contribution in [3.05, 3.63) is 30.1 Å². The van der Waals surface area contributed by atoms with Crippen molar-refractivity contribution < 1.29 is 4.74 Å². The first-order valence-corrected chi connectivity index (χ1v) is 9.86. The van der Waals surface area contributed by atoms with Gasteiger partial charge in [0.05, 0.1) is 23.7 Å². The standard InChI is InChI=1S/C21H33N5O.HI/c1-21(2,3)19-15(9-8-12-27-19)13-23-20(22-4)24-14-18-25-16-10-6-7-11-17(16)26(18)5;/h6-7,10-11,15,19H,8-9,12-14H2,1-5H3,(H2,22,23,24);1H. The van der Waals surface area contributed by atoms with Gasteiger partial charge in [0.15, 0.2) is 5.96 Å². The minimum absolute atomic E-state index is 0. The number of nitrogens with one attached hydrogen (secondary N) is 2. The Morgan fingerprint density at radius 2 is 2.04 bits per heavy atom. The minimum atomic E-state index is 0. The third kappa shape index (κ3) is 5.37. The maximum absolute atomic E-state index is 6.09. The zero-order valence-electron chi connectivity index (χ0n) is 17.7. The van der Waals surface area contributed by atoms with Crippen LogP contribution in [-0.2, 0) is 18.3 Å². The van der Waals surface area contributed by atoms with E-state index in [-0.39, 0.29) is 35.5 Å². The Morgan fingerprint density at radius 3 is 2.71 bits per heavy atom. The van der Waals surface area contributed by atoms with Crippen molar-refractivity contribution >= 4 is 41.0 Å². The first-order valence-electron chi connectivity index (χ1n) is 9.86. The van der Waals surface area contributed by atoms with Crippen molar-refractivity contribution in [1.82, 2.24) is 20.2 Å². The van der Waals surface area contributed by atoms with Crippen LogP contribution in [0.5, 0.6) is 0 Å². The molecule has 2 unspecified atom stereocenters. The minimum Gasteiger partial charge on any atom is -0.377 e. The number of aliphatic imine (C=N–C) groups is 1. The number of rotatable bonds is 4. The summed E-state index contributed by atoms with van der Waals surface area (Å²) in [5.74, 6) is 2.29. The predicted octanol–water partition coefficient (Wildman–Crippen LogP) is 3.70. The molecule has 1 saturated heterocycles. The molecule has 0 spiro atoms. The lowest BCUT2D eigenvalue weighted by molar-refractivity contribution is -0.0835. The number of ether oxygens (including phenoxy) is 1. The van der Waals surface area contributed by atoms with E-state index in [1.165, 1.54) is 6.42 Å². The summed E-state index contributed by atoms with van der Waals surface area (Å²) < 4.78 is 8.21. The largest absolute Gasteiger partial charge is 0.377 e. The van der Waals surface area contributed by atoms with E-state index < -0.39 is 0 Å². The number of aryl methyl sites for hydroxylation is 1. The van der Waals surface area contributed by atoms with E-state index in [0.717, 1.165) is 42.4 Å². The van der Waals surface area contributed by atoms with Gasteiger partial charge in [0.2, 0.25) is 0 Å². The molecule has 0 amide bonds. The van der Waals surface area contributed by atoms with Crippen molar-refractivity contribution in [3.63, 3.8) is 0 Å². The average Bonchev–Trinajstić information content (AvgIpc) is 2.97. The summed E-state index contributed by atoms with van der Waals surface area (Å²) >= 11 is 0. The number of guanidine groups is 1. The lowest BCUT2D eigenvalue weighted by Crippen LogP contribution is -2.47. The first kappa shape index (κ1) is 22.9. The number of para-hydroxylation sites is 2. The van der Waals surface area contributed by atoms with Crippen LogP contribution in [0.15, 0.2) is 29.3 Å². The van der Waals surface area contributed by atoms with Gasteiger partial charge in [-0.3, -0.25) is 4.99 Å². The molecule has 3 rings (SSSR count). The Morgan fingerprint density at radius 1 is 1.29 bits per heavy atom. The molecule has 1 fully saturated rings. The van der Waals surface area contributed by atoms with Crippen molar-refractivity contribution in [2.45, 2.75) is 46.3 Å². The molecule has 156 valence electrons. The summed E-state index contributed by atoms with van der Waals surface area (Å²) in [5, 5.41) is 6.88. The van der Waals surface area contributed by atoms with Crippen LogP contribution in [-0.4, -0.2) is 41.8 Å². The molecule has 0 aliphatic carbocycles. The van der Waals surface area contributed by atoms with Gasteiger partial charge in [-0.2, -0.15) is 0 Å². The summed E-state index contributed by atoms with van der Waals surface area (Å²) in [6.45, 7) is 9.15. The van der Waals surface area contributed by atoms with E-state index in [1.54, 1.807) is 0 Å². The Labute approximate surface area is 185 Å². The maximum atomic E-state index is 6.09. The van der Waals surface area contributed by atoms with Gasteiger partial charge in [0.1, 0.15) is 5.82 Å². The van der Waals surface area contributed by atoms with Crippen molar-refractivity contribution in [3.8, 4) is 0 Å². The topological polar surface area (TPSA) is 63.5 Å². The van der Waals surface area contributed by atoms with Gasteiger partial charge in [0, 0.05) is 33.2 Å². The van der Waals surface area contributed by atoms with Crippen molar-refractivity contribution in [2.24, 2.45) is 23.4 Å². The van der Waals surface area contributed by atoms with Crippen LogP contribution in [0.3, 0.4) is 0 Å². The van der Waals surface area contributed by atoms with Gasteiger partial charge in [-0.25, -0.2) is 4.98 Å². The molecule has 2 N–H and O–H groups in total. The molecule has 7 heteroatoms. The van der Waals surface area contributed by atoms with E-state index in [4.69, 9.17) is 9.72 Å². The molecule has 0 bridgehead atoms. The maximum Gasteiger partial charge on any atom is 0.191 e. The number of benzene rings is 1. The molecule has 0 radical (unpaired) electrons. The van der Waals surface area contributed by atoms with Crippen LogP contribution in [0.1, 0.15) is 39.4 Å². The second kappa shape index (κ2) is 9.91. The molecule has 6 nitrogen and oxygen atoms in total. The molecule has 2 heterocycles. The predicted molar refractivity (Wildman–Crippen MR) is 126 cm³/mol. The Bertz CT molecular complexity index is 796. The Balaban J connectivity index is 0.00000280. The second-order valence-electron chi connectivity index (χ2n) is 8.44. The SMILES string of the molecule is CN=C(NCc1nc2ccccc2n1C)NCC1CCCOC1C(C)(C)C.I. The van der Waals surface area contributed by atoms with Crippen LogP contribution in [0.4, 0.5) is 0 Å². The van der Waals surface area contributed by atoms with Crippen molar-refractivity contribution in [1.29, 1.82) is 0 Å². The molecule has 1 aromatic heterocycles. The second-order valence-corrected chi connectivity index (χ2v) is 8.44. The van der Waals surface area contributed by atoms with E-state index in [2.05, 4.69) is 54.1 Å². The highest BCUT2D eigenvalue weighted by Gasteiger charge is 2.35. The molecule has 1 aliphatic heterocycles. The summed E-state index contributed by atoms with van der Waals surface area (Å²) in [6, 6.07) is 8.20. The normalized spacial score (nSPS) is 20.7. The fourth-order valence-electron chi connectivity index (χ4n) is 3.97. The zero-order valence-corrected chi connectivity index (χ0v) is 20.0. The average molecular weight is 499 g/mol. The summed E-state index contributed by atoms with van der Waals surface area (Å²) in [5.41, 5.74) is 2.31. The monoisotopic (exact) mass is 499 g/mol. The fraction of sp³-hybridized carbons (Fsp3) is 0.619. The zero-order chi connectivity index (χ0) is 19.4. The summed E-state index contributed by atoms with van der Waals surface area (Å²) in [7, 11) is 3.86. The number of aromatic nitrogens is 2. The smallest absolute Gasteiger partial charge is 0.191 e. The van der Waals surface area contributed by atoms with Crippen LogP contribution < -0.4 is 10.6 Å². The van der Waals surface area contributed by atoms with Crippen LogP contribution in [0.25, 0.3) is 11.0 Å². The number of imidazole rings is 1. The highest BCUT2D eigenvalue weighted by atomic mass is 127. The molecule has 1 aliphatic rings. The molecular formula is C21H34IN5O. The van der Waals surface area contributed by atoms with E-state index in [1.807, 2.05) is 25.2 Å². The molecule has 1 aromatic carbocycles. The van der Waals surface area contributed by atoms with Gasteiger partial charge < -0.3 is 19.9 Å². The molecule has 0 saturated carbocycles. The van der Waals surface area contributed by atoms with Gasteiger partial charge in [-0.05, 0) is 30.4 Å². The number of hydrogen-bond acceptors (Lipinski definition) is 3.